The van der Waals surface area contributed by atoms with E-state index in [1.807, 2.05) is 97.1 Å². The van der Waals surface area contributed by atoms with E-state index in [2.05, 4.69) is 9.97 Å². The minimum absolute atomic E-state index is 0.469. The lowest BCUT2D eigenvalue weighted by Gasteiger charge is -2.10. The van der Waals surface area contributed by atoms with Gasteiger partial charge in [-0.15, -0.1) is 0 Å². The monoisotopic (exact) mass is 742 g/mol. The minimum Gasteiger partial charge on any atom is -0.355 e. The standard InChI is InChI=1S/C38H20Cl6N4/c39-21-4-1-5-22(40)33(21)36-27-12-10-19(45-27)18-20-11-13-28(46-20)37(34-23(41)6-2-7-24(34)42)30-15-17-32(48-30)38(31-16-14-29(36)47-31)35-25(43)8-3-9-26(35)44/h1-18,45,48H. The molecule has 0 fully saturated rings. The molecule has 0 saturated heterocycles. The number of hydrogen-bond acceptors (Lipinski definition) is 2. The van der Waals surface area contributed by atoms with Crippen LogP contribution in [0.25, 0.3) is 79.8 Å². The third-order valence-corrected chi connectivity index (χ3v) is 10.1. The largest absolute Gasteiger partial charge is 0.355 e. The van der Waals surface area contributed by atoms with Crippen molar-refractivity contribution in [3.63, 3.8) is 0 Å². The third kappa shape index (κ3) is 5.43. The number of nitrogens with zero attached hydrogens (tertiary/aromatic N) is 2. The maximum Gasteiger partial charge on any atom is 0.0738 e. The van der Waals surface area contributed by atoms with Gasteiger partial charge < -0.3 is 9.97 Å². The number of aromatic amines is 2. The molecule has 3 aromatic carbocycles. The zero-order valence-electron chi connectivity index (χ0n) is 24.6. The Morgan fingerprint density at radius 1 is 0.375 bits per heavy atom. The Kier molecular flexibility index (Phi) is 8.12. The smallest absolute Gasteiger partial charge is 0.0738 e. The van der Waals surface area contributed by atoms with Gasteiger partial charge in [0.25, 0.3) is 0 Å². The number of rotatable bonds is 3. The second-order valence-electron chi connectivity index (χ2n) is 11.1. The van der Waals surface area contributed by atoms with E-state index in [1.165, 1.54) is 0 Å². The van der Waals surface area contributed by atoms with Crippen molar-refractivity contribution in [1.29, 1.82) is 0 Å². The molecule has 0 unspecified atom stereocenters. The molecule has 234 valence electrons. The van der Waals surface area contributed by atoms with Crippen LogP contribution in [0.15, 0.2) is 84.9 Å². The van der Waals surface area contributed by atoms with Gasteiger partial charge >= 0.3 is 0 Å². The van der Waals surface area contributed by atoms with E-state index in [0.717, 1.165) is 38.9 Å². The molecule has 8 rings (SSSR count). The molecule has 0 aliphatic carbocycles. The number of aromatic nitrogens is 4. The maximum atomic E-state index is 6.88. The molecule has 0 saturated carbocycles. The summed E-state index contributed by atoms with van der Waals surface area (Å²) >= 11 is 41.0. The van der Waals surface area contributed by atoms with Crippen LogP contribution in [0.2, 0.25) is 30.1 Å². The Hall–Kier alpha value is -4.00. The van der Waals surface area contributed by atoms with Crippen LogP contribution in [0, 0.1) is 0 Å². The van der Waals surface area contributed by atoms with E-state index in [0.29, 0.717) is 69.5 Å². The molecular formula is C38H20Cl6N4. The van der Waals surface area contributed by atoms with Gasteiger partial charge in [0.05, 0.1) is 52.9 Å². The summed E-state index contributed by atoms with van der Waals surface area (Å²) in [7, 11) is 0. The molecular weight excluding hydrogens is 725 g/mol. The molecule has 0 amide bonds. The van der Waals surface area contributed by atoms with Crippen molar-refractivity contribution in [2.75, 3.05) is 0 Å². The Bertz CT molecular complexity index is 2430. The van der Waals surface area contributed by atoms with Crippen molar-refractivity contribution in [3.8, 4) is 33.4 Å². The van der Waals surface area contributed by atoms with Crippen LogP contribution in [0.5, 0.6) is 0 Å². The lowest BCUT2D eigenvalue weighted by Crippen LogP contribution is -1.91. The molecule has 2 N–H and O–H groups in total. The highest BCUT2D eigenvalue weighted by Gasteiger charge is 2.22. The lowest BCUT2D eigenvalue weighted by atomic mass is 10.0. The molecule has 0 spiro atoms. The molecule has 48 heavy (non-hydrogen) atoms. The van der Waals surface area contributed by atoms with Gasteiger partial charge in [-0.1, -0.05) is 87.8 Å². The SMILES string of the molecule is Clc1cccc(Cl)c1-c1c2nc(c(-c3c(Cl)cccc3Cl)c3ccc([nH]3)c(-c3c(Cl)cccc3Cl)c3nc(cc4ccc1[nH]4)C=C3)C=C2. The molecule has 0 atom stereocenters. The van der Waals surface area contributed by atoms with Gasteiger partial charge in [0.1, 0.15) is 0 Å². The van der Waals surface area contributed by atoms with E-state index in [-0.39, 0.29) is 0 Å². The third-order valence-electron chi connectivity index (χ3n) is 8.21. The van der Waals surface area contributed by atoms with E-state index < -0.39 is 0 Å². The van der Waals surface area contributed by atoms with Crippen molar-refractivity contribution in [2.24, 2.45) is 0 Å². The van der Waals surface area contributed by atoms with Gasteiger partial charge in [-0.3, -0.25) is 0 Å². The van der Waals surface area contributed by atoms with Crippen molar-refractivity contribution in [3.05, 3.63) is 138 Å². The van der Waals surface area contributed by atoms with Gasteiger partial charge in [-0.2, -0.15) is 0 Å². The number of benzene rings is 3. The maximum absolute atomic E-state index is 6.88. The molecule has 5 heterocycles. The van der Waals surface area contributed by atoms with Crippen LogP contribution in [0.1, 0.15) is 22.8 Å². The Morgan fingerprint density at radius 2 is 0.750 bits per heavy atom. The van der Waals surface area contributed by atoms with Crippen LogP contribution in [0.4, 0.5) is 0 Å². The summed E-state index contributed by atoms with van der Waals surface area (Å²) in [5.41, 5.74) is 9.86. The second kappa shape index (κ2) is 12.5. The average Bonchev–Trinajstić information content (AvgIpc) is 3.88. The zero-order valence-corrected chi connectivity index (χ0v) is 29.1. The molecule has 6 aromatic rings. The fraction of sp³-hybridized carbons (Fsp3) is 0. The van der Waals surface area contributed by atoms with Crippen molar-refractivity contribution in [2.45, 2.75) is 0 Å². The zero-order chi connectivity index (χ0) is 33.1. The predicted molar refractivity (Wildman–Crippen MR) is 205 cm³/mol. The Labute approximate surface area is 305 Å². The lowest BCUT2D eigenvalue weighted by molar-refractivity contribution is 1.31. The predicted octanol–water partition coefficient (Wildman–Crippen LogP) is 13.6. The van der Waals surface area contributed by atoms with Gasteiger partial charge in [-0.25, -0.2) is 9.97 Å². The molecule has 8 bridgehead atoms. The number of hydrogen-bond donors (Lipinski definition) is 2. The van der Waals surface area contributed by atoms with Gasteiger partial charge in [0, 0.05) is 55.4 Å². The summed E-state index contributed by atoms with van der Waals surface area (Å²) in [6, 6.07) is 26.1. The topological polar surface area (TPSA) is 57.4 Å². The van der Waals surface area contributed by atoms with Crippen molar-refractivity contribution < 1.29 is 0 Å². The number of H-pyrrole nitrogens is 2. The van der Waals surface area contributed by atoms with E-state index in [1.54, 1.807) is 12.1 Å². The van der Waals surface area contributed by atoms with Crippen LogP contribution in [0.3, 0.4) is 0 Å². The molecule has 10 heteroatoms. The van der Waals surface area contributed by atoms with Crippen molar-refractivity contribution in [1.82, 2.24) is 19.9 Å². The first-order chi connectivity index (χ1) is 23.3. The minimum atomic E-state index is 0.469. The van der Waals surface area contributed by atoms with Gasteiger partial charge in [0.15, 0.2) is 0 Å². The number of fused-ring (bicyclic) bond motifs is 8. The first-order valence-corrected chi connectivity index (χ1v) is 17.0. The Balaban J connectivity index is 1.59. The van der Waals surface area contributed by atoms with Gasteiger partial charge in [-0.05, 0) is 91.0 Å². The second-order valence-corrected chi connectivity index (χ2v) is 13.6. The highest BCUT2D eigenvalue weighted by Crippen LogP contribution is 2.44. The molecule has 0 radical (unpaired) electrons. The molecule has 2 aliphatic rings. The van der Waals surface area contributed by atoms with Crippen LogP contribution in [-0.4, -0.2) is 19.9 Å². The average molecular weight is 745 g/mol. The van der Waals surface area contributed by atoms with E-state index >= 15 is 0 Å². The summed E-state index contributed by atoms with van der Waals surface area (Å²) < 4.78 is 0. The number of halogens is 6. The highest BCUT2D eigenvalue weighted by molar-refractivity contribution is 6.41. The Morgan fingerprint density at radius 3 is 1.21 bits per heavy atom. The van der Waals surface area contributed by atoms with Crippen LogP contribution < -0.4 is 0 Å². The van der Waals surface area contributed by atoms with Crippen molar-refractivity contribution >= 4 is 116 Å². The van der Waals surface area contributed by atoms with E-state index in [9.17, 15) is 0 Å². The first-order valence-electron chi connectivity index (χ1n) is 14.7. The normalized spacial score (nSPS) is 12.2. The summed E-state index contributed by atoms with van der Waals surface area (Å²) in [5, 5.41) is 2.91. The molecule has 4 nitrogen and oxygen atoms in total. The highest BCUT2D eigenvalue weighted by atomic mass is 35.5. The van der Waals surface area contributed by atoms with Gasteiger partial charge in [0.2, 0.25) is 0 Å². The molecule has 3 aromatic heterocycles. The first kappa shape index (κ1) is 31.3. The summed E-state index contributed by atoms with van der Waals surface area (Å²) in [6.07, 6.45) is 7.77. The summed E-state index contributed by atoms with van der Waals surface area (Å²) in [4.78, 5) is 17.3. The van der Waals surface area contributed by atoms with Crippen LogP contribution in [-0.2, 0) is 0 Å². The number of nitrogens with one attached hydrogen (secondary N) is 2. The van der Waals surface area contributed by atoms with E-state index in [4.69, 9.17) is 79.6 Å². The fourth-order valence-electron chi connectivity index (χ4n) is 6.14. The summed E-state index contributed by atoms with van der Waals surface area (Å²) in [6.45, 7) is 0. The quantitative estimate of drug-likeness (QED) is 0.189. The summed E-state index contributed by atoms with van der Waals surface area (Å²) in [5.74, 6) is 0. The fourth-order valence-corrected chi connectivity index (χ4v) is 7.90. The molecule has 2 aliphatic heterocycles. The van der Waals surface area contributed by atoms with Crippen LogP contribution >= 0.6 is 69.6 Å².